The molecule has 0 fully saturated rings. The van der Waals surface area contributed by atoms with E-state index in [1.54, 1.807) is 11.0 Å². The van der Waals surface area contributed by atoms with Gasteiger partial charge in [0.05, 0.1) is 6.04 Å². The minimum absolute atomic E-state index is 0.00803. The van der Waals surface area contributed by atoms with Gasteiger partial charge in [-0.15, -0.1) is 0 Å². The summed E-state index contributed by atoms with van der Waals surface area (Å²) in [5.41, 5.74) is 2.13. The van der Waals surface area contributed by atoms with Crippen LogP contribution in [0.25, 0.3) is 6.08 Å². The monoisotopic (exact) mass is 343 g/mol. The molecule has 0 aliphatic heterocycles. The minimum atomic E-state index is -0.00803. The zero-order valence-corrected chi connectivity index (χ0v) is 13.7. The lowest BCUT2D eigenvalue weighted by atomic mass is 10.1. The highest BCUT2D eigenvalue weighted by molar-refractivity contribution is 9.10. The average molecular weight is 344 g/mol. The lowest BCUT2D eigenvalue weighted by molar-refractivity contribution is -0.126. The Morgan fingerprint density at radius 3 is 2.52 bits per heavy atom. The van der Waals surface area contributed by atoms with Crippen molar-refractivity contribution in [1.29, 1.82) is 0 Å². The molecular weight excluding hydrogens is 326 g/mol. The Labute approximate surface area is 134 Å². The smallest absolute Gasteiger partial charge is 0.246 e. The van der Waals surface area contributed by atoms with E-state index in [1.165, 1.54) is 0 Å². The van der Waals surface area contributed by atoms with Crippen LogP contribution in [0, 0.1) is 0 Å². The summed E-state index contributed by atoms with van der Waals surface area (Å²) in [5.74, 6) is -0.00803. The Bertz CT molecular complexity index is 637. The van der Waals surface area contributed by atoms with Crippen LogP contribution >= 0.6 is 15.9 Å². The number of nitrogens with zero attached hydrogens (tertiary/aromatic N) is 1. The SMILES string of the molecule is C[C@H](c1ccccc1)N(C)C(=O)/C=C/c1cccc(Br)c1. The van der Waals surface area contributed by atoms with Crippen molar-refractivity contribution in [1.82, 2.24) is 4.90 Å². The third-order valence-electron chi connectivity index (χ3n) is 3.48. The normalized spacial score (nSPS) is 12.3. The topological polar surface area (TPSA) is 20.3 Å². The lowest BCUT2D eigenvalue weighted by Crippen LogP contribution is -2.27. The highest BCUT2D eigenvalue weighted by atomic mass is 79.9. The van der Waals surface area contributed by atoms with Crippen LogP contribution in [0.1, 0.15) is 24.1 Å². The molecule has 0 bridgehead atoms. The summed E-state index contributed by atoms with van der Waals surface area (Å²) in [5, 5.41) is 0. The third-order valence-corrected chi connectivity index (χ3v) is 3.97. The van der Waals surface area contributed by atoms with Crippen molar-refractivity contribution >= 4 is 27.9 Å². The maximum absolute atomic E-state index is 12.2. The fourth-order valence-corrected chi connectivity index (χ4v) is 2.46. The Kier molecular flexibility index (Phi) is 5.34. The van der Waals surface area contributed by atoms with Crippen LogP contribution in [-0.2, 0) is 4.79 Å². The van der Waals surface area contributed by atoms with Gasteiger partial charge in [-0.25, -0.2) is 0 Å². The van der Waals surface area contributed by atoms with Gasteiger partial charge in [0.2, 0.25) is 5.91 Å². The van der Waals surface area contributed by atoms with E-state index in [0.717, 1.165) is 15.6 Å². The van der Waals surface area contributed by atoms with Crippen LogP contribution in [0.2, 0.25) is 0 Å². The number of hydrogen-bond donors (Lipinski definition) is 0. The van der Waals surface area contributed by atoms with Crippen LogP contribution in [0.3, 0.4) is 0 Å². The Morgan fingerprint density at radius 1 is 1.14 bits per heavy atom. The molecule has 0 aliphatic carbocycles. The molecule has 108 valence electrons. The summed E-state index contributed by atoms with van der Waals surface area (Å²) in [6.45, 7) is 2.03. The summed E-state index contributed by atoms with van der Waals surface area (Å²) in [6.07, 6.45) is 3.45. The van der Waals surface area contributed by atoms with Crippen molar-refractivity contribution in [2.75, 3.05) is 7.05 Å². The van der Waals surface area contributed by atoms with Gasteiger partial charge in [0.1, 0.15) is 0 Å². The number of hydrogen-bond acceptors (Lipinski definition) is 1. The number of benzene rings is 2. The van der Waals surface area contributed by atoms with Crippen LogP contribution in [0.5, 0.6) is 0 Å². The number of amides is 1. The molecule has 0 spiro atoms. The summed E-state index contributed by atoms with van der Waals surface area (Å²) in [6, 6.07) is 17.9. The van der Waals surface area contributed by atoms with Gasteiger partial charge < -0.3 is 4.90 Å². The second-order valence-corrected chi connectivity index (χ2v) is 5.84. The molecular formula is C18H18BrNO. The first-order valence-electron chi connectivity index (χ1n) is 6.83. The van der Waals surface area contributed by atoms with Gasteiger partial charge in [0.15, 0.2) is 0 Å². The highest BCUT2D eigenvalue weighted by Gasteiger charge is 2.14. The molecule has 2 rings (SSSR count). The fraction of sp³-hybridized carbons (Fsp3) is 0.167. The first-order valence-corrected chi connectivity index (χ1v) is 7.62. The molecule has 0 saturated carbocycles. The molecule has 0 N–H and O–H groups in total. The van der Waals surface area contributed by atoms with Crippen molar-refractivity contribution in [2.45, 2.75) is 13.0 Å². The predicted molar refractivity (Wildman–Crippen MR) is 90.8 cm³/mol. The summed E-state index contributed by atoms with van der Waals surface area (Å²) < 4.78 is 1.00. The van der Waals surface area contributed by atoms with E-state index in [-0.39, 0.29) is 11.9 Å². The second kappa shape index (κ2) is 7.23. The fourth-order valence-electron chi connectivity index (χ4n) is 2.04. The molecule has 0 aliphatic rings. The van der Waals surface area contributed by atoms with E-state index in [4.69, 9.17) is 0 Å². The molecule has 0 heterocycles. The van der Waals surface area contributed by atoms with E-state index >= 15 is 0 Å². The first kappa shape index (κ1) is 15.5. The van der Waals surface area contributed by atoms with Gasteiger partial charge in [-0.05, 0) is 36.3 Å². The van der Waals surface area contributed by atoms with Crippen LogP contribution in [-0.4, -0.2) is 17.9 Å². The molecule has 2 nitrogen and oxygen atoms in total. The summed E-state index contributed by atoms with van der Waals surface area (Å²) in [4.78, 5) is 14.0. The van der Waals surface area contributed by atoms with Crippen molar-refractivity contribution in [3.63, 3.8) is 0 Å². The molecule has 0 radical (unpaired) electrons. The van der Waals surface area contributed by atoms with Crippen molar-refractivity contribution in [3.05, 3.63) is 76.3 Å². The number of carbonyl (C=O) groups is 1. The molecule has 1 atom stereocenters. The van der Waals surface area contributed by atoms with Crippen LogP contribution < -0.4 is 0 Å². The second-order valence-electron chi connectivity index (χ2n) is 4.92. The Hall–Kier alpha value is -1.87. The van der Waals surface area contributed by atoms with Gasteiger partial charge in [-0.2, -0.15) is 0 Å². The van der Waals surface area contributed by atoms with E-state index in [9.17, 15) is 4.79 Å². The number of rotatable bonds is 4. The molecule has 21 heavy (non-hydrogen) atoms. The molecule has 0 aromatic heterocycles. The molecule has 1 amide bonds. The zero-order chi connectivity index (χ0) is 15.2. The van der Waals surface area contributed by atoms with Gasteiger partial charge in [0, 0.05) is 17.6 Å². The average Bonchev–Trinajstić information content (AvgIpc) is 2.52. The quantitative estimate of drug-likeness (QED) is 0.738. The van der Waals surface area contributed by atoms with Crippen molar-refractivity contribution in [3.8, 4) is 0 Å². The van der Waals surface area contributed by atoms with Crippen molar-refractivity contribution < 1.29 is 4.79 Å². The molecule has 3 heteroatoms. The lowest BCUT2D eigenvalue weighted by Gasteiger charge is -2.24. The molecule has 0 unspecified atom stereocenters. The van der Waals surface area contributed by atoms with E-state index in [0.29, 0.717) is 0 Å². The maximum Gasteiger partial charge on any atom is 0.246 e. The van der Waals surface area contributed by atoms with Crippen LogP contribution in [0.4, 0.5) is 0 Å². The van der Waals surface area contributed by atoms with Gasteiger partial charge in [-0.3, -0.25) is 4.79 Å². The van der Waals surface area contributed by atoms with Crippen LogP contribution in [0.15, 0.2) is 65.1 Å². The van der Waals surface area contributed by atoms with Gasteiger partial charge in [0.25, 0.3) is 0 Å². The third kappa shape index (κ3) is 4.30. The highest BCUT2D eigenvalue weighted by Crippen LogP contribution is 2.19. The predicted octanol–water partition coefficient (Wildman–Crippen LogP) is 4.68. The number of carbonyl (C=O) groups excluding carboxylic acids is 1. The Balaban J connectivity index is 2.06. The van der Waals surface area contributed by atoms with Gasteiger partial charge >= 0.3 is 0 Å². The summed E-state index contributed by atoms with van der Waals surface area (Å²) in [7, 11) is 1.82. The molecule has 0 saturated heterocycles. The summed E-state index contributed by atoms with van der Waals surface area (Å²) >= 11 is 3.42. The molecule has 2 aromatic rings. The molecule has 2 aromatic carbocycles. The first-order chi connectivity index (χ1) is 10.1. The van der Waals surface area contributed by atoms with E-state index < -0.39 is 0 Å². The van der Waals surface area contributed by atoms with Gasteiger partial charge in [-0.1, -0.05) is 58.4 Å². The standard InChI is InChI=1S/C18H18BrNO/c1-14(16-8-4-3-5-9-16)20(2)18(21)12-11-15-7-6-10-17(19)13-15/h3-14H,1-2H3/b12-11+/t14-/m1/s1. The van der Waals surface area contributed by atoms with E-state index in [2.05, 4.69) is 15.9 Å². The maximum atomic E-state index is 12.2. The van der Waals surface area contributed by atoms with E-state index in [1.807, 2.05) is 74.6 Å². The minimum Gasteiger partial charge on any atom is -0.335 e. The zero-order valence-electron chi connectivity index (χ0n) is 12.2. The number of halogens is 1. The largest absolute Gasteiger partial charge is 0.335 e. The number of likely N-dealkylation sites (N-methyl/N-ethyl adjacent to an activating group) is 1. The van der Waals surface area contributed by atoms with Crippen molar-refractivity contribution in [2.24, 2.45) is 0 Å². The Morgan fingerprint density at radius 2 is 1.86 bits per heavy atom.